The molecule has 1 aromatic heterocycles. The second kappa shape index (κ2) is 4.12. The third kappa shape index (κ3) is 1.91. The lowest BCUT2D eigenvalue weighted by Crippen LogP contribution is -2.24. The van der Waals surface area contributed by atoms with Crippen LogP contribution in [-0.4, -0.2) is 11.6 Å². The summed E-state index contributed by atoms with van der Waals surface area (Å²) in [5, 5.41) is 2.88. The fraction of sp³-hybridized carbons (Fsp3) is 0.500. The quantitative estimate of drug-likeness (QED) is 0.770. The van der Waals surface area contributed by atoms with Crippen molar-refractivity contribution < 1.29 is 0 Å². The number of hydrogen-bond acceptors (Lipinski definition) is 2. The molecular weight excluding hydrogens is 164 g/mol. The molecule has 1 aromatic rings. The van der Waals surface area contributed by atoms with Crippen LogP contribution in [-0.2, 0) is 0 Å². The summed E-state index contributed by atoms with van der Waals surface area (Å²) in [7, 11) is 1.76. The van der Waals surface area contributed by atoms with Gasteiger partial charge in [0.05, 0.1) is 0 Å². The normalized spacial score (nSPS) is 12.5. The highest BCUT2D eigenvalue weighted by atomic mass is 16.1. The summed E-state index contributed by atoms with van der Waals surface area (Å²) in [6.07, 6.45) is 2.80. The summed E-state index contributed by atoms with van der Waals surface area (Å²) in [4.78, 5) is 11.7. The number of aromatic nitrogens is 1. The van der Waals surface area contributed by atoms with Crippen LogP contribution in [0.5, 0.6) is 0 Å². The van der Waals surface area contributed by atoms with Crippen molar-refractivity contribution in [2.75, 3.05) is 12.4 Å². The number of anilines is 1. The lowest BCUT2D eigenvalue weighted by Gasteiger charge is -2.13. The van der Waals surface area contributed by atoms with Crippen molar-refractivity contribution in [2.24, 2.45) is 0 Å². The smallest absolute Gasteiger partial charge is 0.274 e. The standard InChI is InChI=1S/C10H16N2O/c1-4-8(2)12-7-5-6-9(11-3)10(12)13/h5-8,11H,4H2,1-3H3. The molecule has 0 saturated carbocycles. The monoisotopic (exact) mass is 180 g/mol. The van der Waals surface area contributed by atoms with Crippen LogP contribution in [0.4, 0.5) is 5.69 Å². The van der Waals surface area contributed by atoms with Crippen LogP contribution < -0.4 is 10.9 Å². The van der Waals surface area contributed by atoms with E-state index < -0.39 is 0 Å². The van der Waals surface area contributed by atoms with Crippen LogP contribution in [0, 0.1) is 0 Å². The molecule has 1 N–H and O–H groups in total. The number of hydrogen-bond donors (Lipinski definition) is 1. The Kier molecular flexibility index (Phi) is 3.12. The maximum Gasteiger partial charge on any atom is 0.274 e. The summed E-state index contributed by atoms with van der Waals surface area (Å²) in [5.41, 5.74) is 0.710. The molecule has 72 valence electrons. The topological polar surface area (TPSA) is 34.0 Å². The van der Waals surface area contributed by atoms with Crippen molar-refractivity contribution in [2.45, 2.75) is 26.3 Å². The molecule has 0 amide bonds. The van der Waals surface area contributed by atoms with E-state index in [0.29, 0.717) is 5.69 Å². The van der Waals surface area contributed by atoms with E-state index in [1.807, 2.05) is 19.2 Å². The molecule has 0 aromatic carbocycles. The van der Waals surface area contributed by atoms with Gasteiger partial charge in [-0.3, -0.25) is 4.79 Å². The minimum atomic E-state index is 0.0550. The molecule has 0 saturated heterocycles. The molecule has 3 heteroatoms. The zero-order chi connectivity index (χ0) is 9.84. The Labute approximate surface area is 78.4 Å². The molecule has 13 heavy (non-hydrogen) atoms. The molecule has 1 atom stereocenters. The Morgan fingerprint density at radius 2 is 2.31 bits per heavy atom. The van der Waals surface area contributed by atoms with Gasteiger partial charge in [-0.25, -0.2) is 0 Å². The Morgan fingerprint density at radius 1 is 1.62 bits per heavy atom. The highest BCUT2D eigenvalue weighted by molar-refractivity contribution is 5.39. The average molecular weight is 180 g/mol. The molecule has 0 radical (unpaired) electrons. The van der Waals surface area contributed by atoms with Crippen molar-refractivity contribution in [3.05, 3.63) is 28.7 Å². The van der Waals surface area contributed by atoms with Gasteiger partial charge in [-0.2, -0.15) is 0 Å². The van der Waals surface area contributed by atoms with E-state index in [4.69, 9.17) is 0 Å². The molecule has 0 spiro atoms. The first-order valence-electron chi connectivity index (χ1n) is 4.59. The summed E-state index contributed by atoms with van der Waals surface area (Å²) in [6, 6.07) is 3.95. The van der Waals surface area contributed by atoms with Gasteiger partial charge >= 0.3 is 0 Å². The molecular formula is C10H16N2O. The van der Waals surface area contributed by atoms with Crippen LogP contribution in [0.3, 0.4) is 0 Å². The van der Waals surface area contributed by atoms with Crippen molar-refractivity contribution in [1.29, 1.82) is 0 Å². The maximum absolute atomic E-state index is 11.7. The first kappa shape index (κ1) is 9.84. The van der Waals surface area contributed by atoms with Gasteiger partial charge in [0.15, 0.2) is 0 Å². The lowest BCUT2D eigenvalue weighted by molar-refractivity contribution is 0.515. The highest BCUT2D eigenvalue weighted by Gasteiger charge is 2.05. The average Bonchev–Trinajstić information content (AvgIpc) is 2.17. The molecule has 1 heterocycles. The van der Waals surface area contributed by atoms with Crippen LogP contribution in [0.1, 0.15) is 26.3 Å². The largest absolute Gasteiger partial charge is 0.384 e. The van der Waals surface area contributed by atoms with Crippen molar-refractivity contribution in [1.82, 2.24) is 4.57 Å². The molecule has 0 aliphatic heterocycles. The fourth-order valence-electron chi connectivity index (χ4n) is 1.24. The molecule has 1 unspecified atom stereocenters. The van der Waals surface area contributed by atoms with E-state index in [-0.39, 0.29) is 11.6 Å². The molecule has 0 fully saturated rings. The molecule has 0 aliphatic rings. The van der Waals surface area contributed by atoms with Crippen LogP contribution in [0.15, 0.2) is 23.1 Å². The van der Waals surface area contributed by atoms with Gasteiger partial charge in [-0.1, -0.05) is 6.92 Å². The minimum Gasteiger partial charge on any atom is -0.384 e. The number of nitrogens with zero attached hydrogens (tertiary/aromatic N) is 1. The van der Waals surface area contributed by atoms with Crippen LogP contribution >= 0.6 is 0 Å². The SMILES string of the molecule is CCC(C)n1cccc(NC)c1=O. The summed E-state index contributed by atoms with van der Waals surface area (Å²) in [6.45, 7) is 4.12. The first-order valence-corrected chi connectivity index (χ1v) is 4.59. The van der Waals surface area contributed by atoms with Gasteiger partial charge in [0.2, 0.25) is 0 Å². The van der Waals surface area contributed by atoms with Gasteiger partial charge in [-0.15, -0.1) is 0 Å². The lowest BCUT2D eigenvalue weighted by atomic mass is 10.2. The van der Waals surface area contributed by atoms with E-state index in [1.165, 1.54) is 0 Å². The van der Waals surface area contributed by atoms with Gasteiger partial charge in [-0.05, 0) is 25.5 Å². The second-order valence-corrected chi connectivity index (χ2v) is 3.14. The third-order valence-corrected chi connectivity index (χ3v) is 2.31. The molecule has 0 bridgehead atoms. The number of nitrogens with one attached hydrogen (secondary N) is 1. The number of rotatable bonds is 3. The van der Waals surface area contributed by atoms with Gasteiger partial charge in [0, 0.05) is 19.3 Å². The van der Waals surface area contributed by atoms with E-state index in [1.54, 1.807) is 17.7 Å². The predicted octanol–water partition coefficient (Wildman–Crippen LogP) is 1.86. The molecule has 0 aliphatic carbocycles. The minimum absolute atomic E-state index is 0.0550. The van der Waals surface area contributed by atoms with Crippen molar-refractivity contribution >= 4 is 5.69 Å². The summed E-state index contributed by atoms with van der Waals surface area (Å²) >= 11 is 0. The third-order valence-electron chi connectivity index (χ3n) is 2.31. The molecule has 1 rings (SSSR count). The fourth-order valence-corrected chi connectivity index (χ4v) is 1.24. The Balaban J connectivity index is 3.16. The van der Waals surface area contributed by atoms with E-state index in [2.05, 4.69) is 12.2 Å². The number of pyridine rings is 1. The van der Waals surface area contributed by atoms with Crippen LogP contribution in [0.25, 0.3) is 0 Å². The van der Waals surface area contributed by atoms with Gasteiger partial charge in [0.1, 0.15) is 5.69 Å². The van der Waals surface area contributed by atoms with Crippen molar-refractivity contribution in [3.63, 3.8) is 0 Å². The Hall–Kier alpha value is -1.25. The van der Waals surface area contributed by atoms with Gasteiger partial charge in [0.25, 0.3) is 5.56 Å². The first-order chi connectivity index (χ1) is 6.20. The van der Waals surface area contributed by atoms with E-state index >= 15 is 0 Å². The van der Waals surface area contributed by atoms with Gasteiger partial charge < -0.3 is 9.88 Å². The maximum atomic E-state index is 11.7. The zero-order valence-electron chi connectivity index (χ0n) is 8.37. The van der Waals surface area contributed by atoms with E-state index in [0.717, 1.165) is 6.42 Å². The molecule has 3 nitrogen and oxygen atoms in total. The Bertz CT molecular complexity index is 330. The summed E-state index contributed by atoms with van der Waals surface area (Å²) in [5.74, 6) is 0. The van der Waals surface area contributed by atoms with Crippen molar-refractivity contribution in [3.8, 4) is 0 Å². The highest BCUT2D eigenvalue weighted by Crippen LogP contribution is 2.07. The predicted molar refractivity (Wildman–Crippen MR) is 55.3 cm³/mol. The van der Waals surface area contributed by atoms with Crippen LogP contribution in [0.2, 0.25) is 0 Å². The zero-order valence-corrected chi connectivity index (χ0v) is 8.37. The summed E-state index contributed by atoms with van der Waals surface area (Å²) < 4.78 is 1.76. The Morgan fingerprint density at radius 3 is 2.85 bits per heavy atom. The van der Waals surface area contributed by atoms with E-state index in [9.17, 15) is 4.79 Å². The second-order valence-electron chi connectivity index (χ2n) is 3.14.